The number of nitrogens with zero attached hydrogens (tertiary/aromatic N) is 2. The van der Waals surface area contributed by atoms with Crippen molar-refractivity contribution in [1.29, 1.82) is 0 Å². The molecule has 0 amide bonds. The Labute approximate surface area is 127 Å². The van der Waals surface area contributed by atoms with Crippen LogP contribution in [-0.2, 0) is 6.42 Å². The zero-order valence-electron chi connectivity index (χ0n) is 13.1. The molecule has 0 aliphatic heterocycles. The lowest BCUT2D eigenvalue weighted by atomic mass is 10.1. The molecule has 1 aliphatic carbocycles. The molecule has 1 heterocycles. The van der Waals surface area contributed by atoms with Gasteiger partial charge in [-0.25, -0.2) is 4.98 Å². The van der Waals surface area contributed by atoms with Crippen LogP contribution in [0.2, 0.25) is 0 Å². The summed E-state index contributed by atoms with van der Waals surface area (Å²) in [6.07, 6.45) is 8.53. The fourth-order valence-corrected chi connectivity index (χ4v) is 3.29. The van der Waals surface area contributed by atoms with Gasteiger partial charge in [-0.3, -0.25) is 0 Å². The van der Waals surface area contributed by atoms with Crippen LogP contribution in [-0.4, -0.2) is 16.1 Å². The van der Waals surface area contributed by atoms with E-state index in [0.29, 0.717) is 6.04 Å². The lowest BCUT2D eigenvalue weighted by Crippen LogP contribution is -2.13. The molecule has 0 saturated heterocycles. The third-order valence-corrected chi connectivity index (χ3v) is 4.35. The van der Waals surface area contributed by atoms with E-state index in [1.165, 1.54) is 36.8 Å². The van der Waals surface area contributed by atoms with E-state index in [4.69, 9.17) is 0 Å². The number of nitrogens with one attached hydrogen (secondary N) is 1. The first-order valence-electron chi connectivity index (χ1n) is 8.07. The van der Waals surface area contributed by atoms with Crippen LogP contribution in [0, 0.1) is 13.8 Å². The number of hydrogen-bond donors (Lipinski definition) is 1. The molecule has 0 atom stereocenters. The fraction of sp³-hybridized carbons (Fsp3) is 0.500. The summed E-state index contributed by atoms with van der Waals surface area (Å²) in [5, 5.41) is 3.53. The topological polar surface area (TPSA) is 29.9 Å². The van der Waals surface area contributed by atoms with Crippen LogP contribution in [0.5, 0.6) is 0 Å². The third-order valence-electron chi connectivity index (χ3n) is 4.35. The maximum absolute atomic E-state index is 4.66. The van der Waals surface area contributed by atoms with E-state index >= 15 is 0 Å². The first kappa shape index (κ1) is 14.2. The van der Waals surface area contributed by atoms with Gasteiger partial charge in [0.1, 0.15) is 0 Å². The maximum Gasteiger partial charge on any atom is 0.203 e. The molecule has 1 saturated carbocycles. The number of aromatic nitrogens is 2. The monoisotopic (exact) mass is 283 g/mol. The summed E-state index contributed by atoms with van der Waals surface area (Å²) in [6.45, 7) is 5.16. The van der Waals surface area contributed by atoms with Gasteiger partial charge in [0.25, 0.3) is 0 Å². The van der Waals surface area contributed by atoms with Crippen molar-refractivity contribution in [2.24, 2.45) is 0 Å². The van der Waals surface area contributed by atoms with Crippen molar-refractivity contribution in [3.8, 4) is 0 Å². The molecule has 21 heavy (non-hydrogen) atoms. The van der Waals surface area contributed by atoms with E-state index in [9.17, 15) is 0 Å². The highest BCUT2D eigenvalue weighted by molar-refractivity contribution is 5.31. The Morgan fingerprint density at radius 2 is 2.05 bits per heavy atom. The molecule has 1 aliphatic rings. The Hall–Kier alpha value is -1.77. The minimum atomic E-state index is 0.646. The van der Waals surface area contributed by atoms with Crippen molar-refractivity contribution in [2.45, 2.75) is 52.0 Å². The Bertz CT molecular complexity index is 594. The Morgan fingerprint density at radius 1 is 1.24 bits per heavy atom. The van der Waals surface area contributed by atoms with E-state index < -0.39 is 0 Å². The molecule has 3 heteroatoms. The molecular weight excluding hydrogens is 258 g/mol. The van der Waals surface area contributed by atoms with Gasteiger partial charge in [0.05, 0.1) is 5.69 Å². The second kappa shape index (κ2) is 6.33. The predicted molar refractivity (Wildman–Crippen MR) is 87.8 cm³/mol. The second-order valence-electron chi connectivity index (χ2n) is 6.22. The number of anilines is 1. The summed E-state index contributed by atoms with van der Waals surface area (Å²) in [5.74, 6) is 1.05. The van der Waals surface area contributed by atoms with Crippen LogP contribution in [0.3, 0.4) is 0 Å². The number of hydrogen-bond acceptors (Lipinski definition) is 2. The molecule has 0 unspecified atom stereocenters. The number of imidazole rings is 1. The smallest absolute Gasteiger partial charge is 0.203 e. The van der Waals surface area contributed by atoms with Crippen LogP contribution in [0.1, 0.15) is 48.5 Å². The molecule has 3 rings (SSSR count). The highest BCUT2D eigenvalue weighted by atomic mass is 15.2. The summed E-state index contributed by atoms with van der Waals surface area (Å²) < 4.78 is 2.36. The molecule has 1 N–H and O–H groups in total. The van der Waals surface area contributed by atoms with Crippen molar-refractivity contribution in [2.75, 3.05) is 11.9 Å². The number of benzene rings is 1. The minimum absolute atomic E-state index is 0.646. The van der Waals surface area contributed by atoms with Gasteiger partial charge in [0, 0.05) is 18.8 Å². The second-order valence-corrected chi connectivity index (χ2v) is 6.22. The van der Waals surface area contributed by atoms with Crippen molar-refractivity contribution in [3.05, 3.63) is 47.3 Å². The highest BCUT2D eigenvalue weighted by Crippen LogP contribution is 2.32. The predicted octanol–water partition coefficient (Wildman–Crippen LogP) is 4.27. The Kier molecular flexibility index (Phi) is 4.28. The van der Waals surface area contributed by atoms with E-state index in [1.807, 2.05) is 0 Å². The van der Waals surface area contributed by atoms with Gasteiger partial charge in [0.2, 0.25) is 5.95 Å². The third kappa shape index (κ3) is 3.46. The van der Waals surface area contributed by atoms with Crippen LogP contribution < -0.4 is 5.32 Å². The first-order chi connectivity index (χ1) is 10.2. The Morgan fingerprint density at radius 3 is 2.81 bits per heavy atom. The van der Waals surface area contributed by atoms with Gasteiger partial charge in [-0.1, -0.05) is 42.7 Å². The summed E-state index contributed by atoms with van der Waals surface area (Å²) in [7, 11) is 0. The average Bonchev–Trinajstić information content (AvgIpc) is 3.08. The van der Waals surface area contributed by atoms with Crippen LogP contribution in [0.25, 0.3) is 0 Å². The summed E-state index contributed by atoms with van der Waals surface area (Å²) in [5.41, 5.74) is 3.83. The van der Waals surface area contributed by atoms with Crippen LogP contribution in [0.15, 0.2) is 30.5 Å². The molecule has 1 fully saturated rings. The molecule has 3 nitrogen and oxygen atoms in total. The zero-order chi connectivity index (χ0) is 14.7. The van der Waals surface area contributed by atoms with Crippen molar-refractivity contribution >= 4 is 5.95 Å². The van der Waals surface area contributed by atoms with Crippen molar-refractivity contribution < 1.29 is 0 Å². The first-order valence-corrected chi connectivity index (χ1v) is 8.07. The summed E-state index contributed by atoms with van der Waals surface area (Å²) >= 11 is 0. The molecular formula is C18H25N3. The van der Waals surface area contributed by atoms with Crippen LogP contribution >= 0.6 is 0 Å². The van der Waals surface area contributed by atoms with Crippen molar-refractivity contribution in [1.82, 2.24) is 9.55 Å². The van der Waals surface area contributed by atoms with Gasteiger partial charge in [0.15, 0.2) is 0 Å². The van der Waals surface area contributed by atoms with E-state index in [-0.39, 0.29) is 0 Å². The zero-order valence-corrected chi connectivity index (χ0v) is 13.1. The molecule has 2 aromatic rings. The van der Waals surface area contributed by atoms with Gasteiger partial charge in [-0.15, -0.1) is 0 Å². The van der Waals surface area contributed by atoms with E-state index in [1.54, 1.807) is 0 Å². The molecule has 112 valence electrons. The van der Waals surface area contributed by atoms with E-state index in [2.05, 4.69) is 59.2 Å². The largest absolute Gasteiger partial charge is 0.355 e. The van der Waals surface area contributed by atoms with E-state index in [0.717, 1.165) is 24.6 Å². The lowest BCUT2D eigenvalue weighted by molar-refractivity contribution is 0.522. The number of rotatable bonds is 5. The molecule has 0 radical (unpaired) electrons. The minimum Gasteiger partial charge on any atom is -0.355 e. The van der Waals surface area contributed by atoms with Gasteiger partial charge >= 0.3 is 0 Å². The van der Waals surface area contributed by atoms with Gasteiger partial charge in [-0.05, 0) is 38.7 Å². The molecule has 1 aromatic carbocycles. The quantitative estimate of drug-likeness (QED) is 0.888. The average molecular weight is 283 g/mol. The lowest BCUT2D eigenvalue weighted by Gasteiger charge is -2.15. The van der Waals surface area contributed by atoms with Crippen molar-refractivity contribution in [3.63, 3.8) is 0 Å². The maximum atomic E-state index is 4.66. The number of aryl methyl sites for hydroxylation is 2. The highest BCUT2D eigenvalue weighted by Gasteiger charge is 2.19. The molecule has 1 aromatic heterocycles. The summed E-state index contributed by atoms with van der Waals surface area (Å²) in [4.78, 5) is 4.66. The van der Waals surface area contributed by atoms with Crippen LogP contribution in [0.4, 0.5) is 5.95 Å². The van der Waals surface area contributed by atoms with Gasteiger partial charge in [-0.2, -0.15) is 0 Å². The van der Waals surface area contributed by atoms with Gasteiger partial charge < -0.3 is 9.88 Å². The summed E-state index contributed by atoms with van der Waals surface area (Å²) in [6, 6.07) is 9.38. The fourth-order valence-electron chi connectivity index (χ4n) is 3.29. The molecule has 0 bridgehead atoms. The molecule has 0 spiro atoms. The standard InChI is InChI=1S/C18H25N3/c1-14-6-5-7-16(12-14)10-11-19-18-20-15(2)13-21(18)17-8-3-4-9-17/h5-7,12-13,17H,3-4,8-11H2,1-2H3,(H,19,20). The normalized spacial score (nSPS) is 15.5. The Balaban J connectivity index is 1.62. The SMILES string of the molecule is Cc1cccc(CCNc2nc(C)cn2C2CCCC2)c1.